The maximum atomic E-state index is 14.3. The summed E-state index contributed by atoms with van der Waals surface area (Å²) in [4.78, 5) is 44.8. The maximum absolute atomic E-state index is 14.3. The highest BCUT2D eigenvalue weighted by Crippen LogP contribution is 2.37. The summed E-state index contributed by atoms with van der Waals surface area (Å²) >= 11 is 0. The van der Waals surface area contributed by atoms with Crippen LogP contribution in [0.15, 0.2) is 91.0 Å². The van der Waals surface area contributed by atoms with Gasteiger partial charge < -0.3 is 15.0 Å². The molecule has 7 heteroatoms. The Morgan fingerprint density at radius 2 is 1.59 bits per heavy atom. The summed E-state index contributed by atoms with van der Waals surface area (Å²) < 4.78 is 5.42. The number of methoxy groups -OCH3 is 1. The summed E-state index contributed by atoms with van der Waals surface area (Å²) in [6.45, 7) is 5.73. The lowest BCUT2D eigenvalue weighted by atomic mass is 10.0. The average Bonchev–Trinajstić information content (AvgIpc) is 3.22. The van der Waals surface area contributed by atoms with Crippen molar-refractivity contribution in [3.8, 4) is 5.75 Å². The van der Waals surface area contributed by atoms with E-state index in [2.05, 4.69) is 5.32 Å². The van der Waals surface area contributed by atoms with Crippen molar-refractivity contribution in [1.82, 2.24) is 10.2 Å². The summed E-state index contributed by atoms with van der Waals surface area (Å²) in [6, 6.07) is 27.6. The number of carbonyl (C=O) groups excluding carboxylic acids is 3. The number of anilines is 1. The number of amides is 3. The number of hydrogen-bond acceptors (Lipinski definition) is 4. The zero-order valence-corrected chi connectivity index (χ0v) is 23.9. The molecular weight excluding hydrogens is 514 g/mol. The van der Waals surface area contributed by atoms with Crippen LogP contribution in [0.1, 0.15) is 42.3 Å². The normalized spacial score (nSPS) is 13.3. The average molecular weight is 550 g/mol. The molecule has 1 N–H and O–H groups in total. The van der Waals surface area contributed by atoms with Gasteiger partial charge in [-0.05, 0) is 61.5 Å². The van der Waals surface area contributed by atoms with Crippen LogP contribution in [0.25, 0.3) is 10.8 Å². The minimum Gasteiger partial charge on any atom is -0.497 e. The molecule has 210 valence electrons. The molecule has 0 spiro atoms. The van der Waals surface area contributed by atoms with Crippen molar-refractivity contribution in [1.29, 1.82) is 0 Å². The van der Waals surface area contributed by atoms with Crippen LogP contribution in [0.4, 0.5) is 5.69 Å². The topological polar surface area (TPSA) is 79.0 Å². The molecule has 7 nitrogen and oxygen atoms in total. The number of rotatable bonds is 9. The number of hydrogen-bond donors (Lipinski definition) is 1. The maximum Gasteiger partial charge on any atom is 0.259 e. The smallest absolute Gasteiger partial charge is 0.259 e. The van der Waals surface area contributed by atoms with E-state index >= 15 is 0 Å². The minimum absolute atomic E-state index is 0.171. The standard InChI is InChI=1S/C34H35N3O4/c1-34(2,3)35-32(39)29(20-23-11-6-5-7-12-23)36(21-24-13-8-16-26(19-24)41-4)30(38)22-37-28-18-10-15-25-14-9-17-27(31(25)28)33(37)40/h5-19,29H,20-22H2,1-4H3,(H,35,39)/t29-/m0/s1. The van der Waals surface area contributed by atoms with Crippen LogP contribution in [0, 0.1) is 0 Å². The van der Waals surface area contributed by atoms with Gasteiger partial charge in [-0.3, -0.25) is 19.3 Å². The highest BCUT2D eigenvalue weighted by Gasteiger charge is 2.36. The van der Waals surface area contributed by atoms with Gasteiger partial charge >= 0.3 is 0 Å². The van der Waals surface area contributed by atoms with Crippen molar-refractivity contribution in [3.05, 3.63) is 108 Å². The lowest BCUT2D eigenvalue weighted by Gasteiger charge is -2.34. The molecule has 0 aromatic heterocycles. The van der Waals surface area contributed by atoms with Crippen LogP contribution >= 0.6 is 0 Å². The summed E-state index contributed by atoms with van der Waals surface area (Å²) in [5.41, 5.74) is 2.53. The van der Waals surface area contributed by atoms with Gasteiger partial charge in [-0.1, -0.05) is 66.7 Å². The quantitative estimate of drug-likeness (QED) is 0.305. The van der Waals surface area contributed by atoms with Crippen LogP contribution in [0.3, 0.4) is 0 Å². The Kier molecular flexibility index (Phi) is 7.79. The Labute approximate surface area is 240 Å². The molecular formula is C34H35N3O4. The molecule has 0 bridgehead atoms. The molecule has 1 aliphatic rings. The van der Waals surface area contributed by atoms with E-state index in [1.807, 2.05) is 106 Å². The van der Waals surface area contributed by atoms with E-state index in [4.69, 9.17) is 4.74 Å². The van der Waals surface area contributed by atoms with Gasteiger partial charge in [0.1, 0.15) is 18.3 Å². The Bertz CT molecular complexity index is 1590. The van der Waals surface area contributed by atoms with Gasteiger partial charge in [0.15, 0.2) is 0 Å². The SMILES string of the molecule is COc1cccc(CN(C(=O)CN2C(=O)c3cccc4cccc2c34)[C@@H](Cc2ccccc2)C(=O)NC(C)(C)C)c1. The molecule has 1 aliphatic heterocycles. The van der Waals surface area contributed by atoms with Crippen LogP contribution in [0.2, 0.25) is 0 Å². The van der Waals surface area contributed by atoms with Gasteiger partial charge in [0.2, 0.25) is 11.8 Å². The fourth-order valence-corrected chi connectivity index (χ4v) is 5.34. The first-order valence-corrected chi connectivity index (χ1v) is 13.8. The molecule has 1 heterocycles. The third kappa shape index (κ3) is 6.09. The molecule has 41 heavy (non-hydrogen) atoms. The van der Waals surface area contributed by atoms with Gasteiger partial charge in [-0.2, -0.15) is 0 Å². The second-order valence-electron chi connectivity index (χ2n) is 11.4. The van der Waals surface area contributed by atoms with Gasteiger partial charge in [0.05, 0.1) is 12.8 Å². The van der Waals surface area contributed by atoms with Crippen molar-refractivity contribution in [2.45, 2.75) is 45.3 Å². The van der Waals surface area contributed by atoms with Gasteiger partial charge in [-0.15, -0.1) is 0 Å². The second-order valence-corrected chi connectivity index (χ2v) is 11.4. The number of ether oxygens (including phenoxy) is 1. The minimum atomic E-state index is -0.814. The first-order valence-electron chi connectivity index (χ1n) is 13.8. The van der Waals surface area contributed by atoms with Crippen molar-refractivity contribution >= 4 is 34.2 Å². The Morgan fingerprint density at radius 1 is 0.902 bits per heavy atom. The molecule has 0 unspecified atom stereocenters. The van der Waals surface area contributed by atoms with E-state index in [0.29, 0.717) is 23.4 Å². The van der Waals surface area contributed by atoms with Crippen LogP contribution in [-0.4, -0.2) is 47.9 Å². The molecule has 0 saturated heterocycles. The highest BCUT2D eigenvalue weighted by molar-refractivity contribution is 6.26. The lowest BCUT2D eigenvalue weighted by molar-refractivity contribution is -0.140. The molecule has 4 aromatic carbocycles. The number of nitrogens with one attached hydrogen (secondary N) is 1. The first-order chi connectivity index (χ1) is 19.6. The summed E-state index contributed by atoms with van der Waals surface area (Å²) in [5.74, 6) is -0.137. The summed E-state index contributed by atoms with van der Waals surface area (Å²) in [5, 5.41) is 4.87. The van der Waals surface area contributed by atoms with Gasteiger partial charge in [-0.25, -0.2) is 0 Å². The van der Waals surface area contributed by atoms with E-state index in [9.17, 15) is 14.4 Å². The predicted molar refractivity (Wildman–Crippen MR) is 161 cm³/mol. The number of carbonyl (C=O) groups is 3. The summed E-state index contributed by atoms with van der Waals surface area (Å²) in [7, 11) is 1.59. The first kappa shape index (κ1) is 27.9. The van der Waals surface area contributed by atoms with Crippen LogP contribution < -0.4 is 15.0 Å². The molecule has 1 atom stereocenters. The fourth-order valence-electron chi connectivity index (χ4n) is 5.34. The molecule has 0 aliphatic carbocycles. The van der Waals surface area contributed by atoms with Gasteiger partial charge in [0, 0.05) is 29.5 Å². The Morgan fingerprint density at radius 3 is 2.29 bits per heavy atom. The fraction of sp³-hybridized carbons (Fsp3) is 0.265. The number of benzene rings is 4. The lowest BCUT2D eigenvalue weighted by Crippen LogP contribution is -2.56. The molecule has 0 fully saturated rings. The molecule has 4 aromatic rings. The zero-order valence-electron chi connectivity index (χ0n) is 23.9. The molecule has 3 amide bonds. The third-order valence-corrected chi connectivity index (χ3v) is 7.20. The zero-order chi connectivity index (χ0) is 29.1. The summed E-state index contributed by atoms with van der Waals surface area (Å²) in [6.07, 6.45) is 0.322. The van der Waals surface area contributed by atoms with E-state index in [1.54, 1.807) is 18.1 Å². The highest BCUT2D eigenvalue weighted by atomic mass is 16.5. The molecule has 5 rings (SSSR count). The van der Waals surface area contributed by atoms with Crippen molar-refractivity contribution < 1.29 is 19.1 Å². The third-order valence-electron chi connectivity index (χ3n) is 7.20. The van der Waals surface area contributed by atoms with Crippen molar-refractivity contribution in [3.63, 3.8) is 0 Å². The Hall–Kier alpha value is -4.65. The van der Waals surface area contributed by atoms with E-state index < -0.39 is 11.6 Å². The molecule has 0 saturated carbocycles. The van der Waals surface area contributed by atoms with Crippen molar-refractivity contribution in [2.24, 2.45) is 0 Å². The van der Waals surface area contributed by atoms with E-state index in [1.165, 1.54) is 4.90 Å². The van der Waals surface area contributed by atoms with Crippen LogP contribution in [-0.2, 0) is 22.6 Å². The largest absolute Gasteiger partial charge is 0.497 e. The predicted octanol–water partition coefficient (Wildman–Crippen LogP) is 5.36. The van der Waals surface area contributed by atoms with E-state index in [-0.39, 0.29) is 30.8 Å². The van der Waals surface area contributed by atoms with Gasteiger partial charge in [0.25, 0.3) is 5.91 Å². The van der Waals surface area contributed by atoms with Crippen molar-refractivity contribution in [2.75, 3.05) is 18.6 Å². The Balaban J connectivity index is 1.53. The van der Waals surface area contributed by atoms with E-state index in [0.717, 1.165) is 21.9 Å². The molecule has 0 radical (unpaired) electrons. The second kappa shape index (κ2) is 11.5. The number of nitrogens with zero attached hydrogens (tertiary/aromatic N) is 2. The van der Waals surface area contributed by atoms with Crippen LogP contribution in [0.5, 0.6) is 5.75 Å². The monoisotopic (exact) mass is 549 g/mol.